The average molecular weight is 224 g/mol. The lowest BCUT2D eigenvalue weighted by molar-refractivity contribution is 0.368. The molecular weight excluding hydrogens is 216 g/mol. The van der Waals surface area contributed by atoms with Gasteiger partial charge in [0.1, 0.15) is 0 Å². The molecule has 8 heteroatoms. The Kier molecular flexibility index (Phi) is 4.15. The first-order valence-electron chi connectivity index (χ1n) is 3.11. The van der Waals surface area contributed by atoms with Crippen LogP contribution in [-0.2, 0) is 10.4 Å². The number of para-hydroxylation sites is 1. The maximum absolute atomic E-state index is 8.74. The topological polar surface area (TPSA) is 135 Å². The Labute approximate surface area is 79.5 Å². The summed E-state index contributed by atoms with van der Waals surface area (Å²) in [5.41, 5.74) is 0. The van der Waals surface area contributed by atoms with E-state index >= 15 is 0 Å². The molecule has 0 aromatic heterocycles. The largest absolute Gasteiger partial charge is 0.504 e. The summed E-state index contributed by atoms with van der Waals surface area (Å²) in [6, 6.07) is 4.01. The number of rotatable bonds is 0. The van der Waals surface area contributed by atoms with Gasteiger partial charge in [-0.3, -0.25) is 9.11 Å². The highest BCUT2D eigenvalue weighted by atomic mass is 32.3. The average Bonchev–Trinajstić information content (AvgIpc) is 1.97. The molecular formula is C6H8O7S. The van der Waals surface area contributed by atoms with E-state index in [0.717, 1.165) is 0 Å². The fourth-order valence-electron chi connectivity index (χ4n) is 0.519. The van der Waals surface area contributed by atoms with Crippen molar-refractivity contribution in [2.75, 3.05) is 0 Å². The minimum Gasteiger partial charge on any atom is -0.504 e. The Bertz CT molecular complexity index is 368. The first kappa shape index (κ1) is 12.5. The summed E-state index contributed by atoms with van der Waals surface area (Å²) in [5.74, 6) is -1.09. The minimum atomic E-state index is -4.67. The van der Waals surface area contributed by atoms with Crippen molar-refractivity contribution in [1.29, 1.82) is 0 Å². The van der Waals surface area contributed by atoms with Crippen molar-refractivity contribution in [3.05, 3.63) is 18.2 Å². The molecule has 80 valence electrons. The lowest BCUT2D eigenvalue weighted by atomic mass is 10.3. The molecule has 1 aromatic rings. The highest BCUT2D eigenvalue weighted by molar-refractivity contribution is 7.79. The van der Waals surface area contributed by atoms with Crippen LogP contribution in [0.3, 0.4) is 0 Å². The van der Waals surface area contributed by atoms with Gasteiger partial charge in [-0.1, -0.05) is 6.07 Å². The van der Waals surface area contributed by atoms with E-state index in [0.29, 0.717) is 0 Å². The zero-order valence-corrected chi connectivity index (χ0v) is 7.51. The van der Waals surface area contributed by atoms with Gasteiger partial charge in [-0.05, 0) is 12.1 Å². The summed E-state index contributed by atoms with van der Waals surface area (Å²) in [5, 5.41) is 26.1. The summed E-state index contributed by atoms with van der Waals surface area (Å²) in [7, 11) is -4.67. The maximum Gasteiger partial charge on any atom is 0.394 e. The Morgan fingerprint density at radius 1 is 0.929 bits per heavy atom. The molecule has 0 aliphatic heterocycles. The molecule has 0 heterocycles. The van der Waals surface area contributed by atoms with Crippen molar-refractivity contribution in [2.45, 2.75) is 0 Å². The van der Waals surface area contributed by atoms with Crippen LogP contribution in [0, 0.1) is 0 Å². The Morgan fingerprint density at radius 3 is 1.43 bits per heavy atom. The molecule has 1 aromatic carbocycles. The van der Waals surface area contributed by atoms with E-state index in [4.69, 9.17) is 32.8 Å². The Morgan fingerprint density at radius 2 is 1.21 bits per heavy atom. The Balaban J connectivity index is 0.000000292. The highest BCUT2D eigenvalue weighted by Crippen LogP contribution is 2.32. The van der Waals surface area contributed by atoms with Crippen molar-refractivity contribution in [3.63, 3.8) is 0 Å². The number of benzene rings is 1. The van der Waals surface area contributed by atoms with Gasteiger partial charge in [-0.15, -0.1) is 0 Å². The van der Waals surface area contributed by atoms with Gasteiger partial charge in [0, 0.05) is 0 Å². The van der Waals surface area contributed by atoms with Gasteiger partial charge in [-0.2, -0.15) is 8.42 Å². The molecule has 0 aliphatic carbocycles. The monoisotopic (exact) mass is 224 g/mol. The van der Waals surface area contributed by atoms with Crippen LogP contribution in [0.15, 0.2) is 18.2 Å². The van der Waals surface area contributed by atoms with Crippen LogP contribution in [0.25, 0.3) is 0 Å². The highest BCUT2D eigenvalue weighted by Gasteiger charge is 2.00. The molecule has 5 N–H and O–H groups in total. The number of hydrogen-bond acceptors (Lipinski definition) is 5. The molecule has 1 rings (SSSR count). The van der Waals surface area contributed by atoms with Gasteiger partial charge in [0.15, 0.2) is 17.2 Å². The normalized spacial score (nSPS) is 10.1. The van der Waals surface area contributed by atoms with E-state index in [-0.39, 0.29) is 11.5 Å². The fraction of sp³-hybridized carbons (Fsp3) is 0. The summed E-state index contributed by atoms with van der Waals surface area (Å²) in [4.78, 5) is 0. The van der Waals surface area contributed by atoms with Crippen LogP contribution in [0.2, 0.25) is 0 Å². The third kappa shape index (κ3) is 6.06. The molecule has 0 aliphatic rings. The Hall–Kier alpha value is -1.51. The van der Waals surface area contributed by atoms with Crippen LogP contribution >= 0.6 is 0 Å². The van der Waals surface area contributed by atoms with Crippen molar-refractivity contribution in [1.82, 2.24) is 0 Å². The molecule has 0 fully saturated rings. The maximum atomic E-state index is 8.74. The van der Waals surface area contributed by atoms with Gasteiger partial charge < -0.3 is 15.3 Å². The lowest BCUT2D eigenvalue weighted by Gasteiger charge is -1.96. The molecule has 0 radical (unpaired) electrons. The number of phenols is 3. The van der Waals surface area contributed by atoms with E-state index in [9.17, 15) is 0 Å². The van der Waals surface area contributed by atoms with Gasteiger partial charge in [0.25, 0.3) is 0 Å². The lowest BCUT2D eigenvalue weighted by Crippen LogP contribution is -1.89. The third-order valence-electron chi connectivity index (χ3n) is 0.993. The van der Waals surface area contributed by atoms with Crippen LogP contribution < -0.4 is 0 Å². The van der Waals surface area contributed by atoms with E-state index in [1.165, 1.54) is 18.2 Å². The van der Waals surface area contributed by atoms with Gasteiger partial charge in [0.05, 0.1) is 0 Å². The number of hydrogen-bond donors (Lipinski definition) is 5. The van der Waals surface area contributed by atoms with Crippen LogP contribution in [0.1, 0.15) is 0 Å². The molecule has 0 saturated heterocycles. The van der Waals surface area contributed by atoms with E-state index in [1.807, 2.05) is 0 Å². The molecule has 0 saturated carbocycles. The van der Waals surface area contributed by atoms with Crippen LogP contribution in [0.4, 0.5) is 0 Å². The fourth-order valence-corrected chi connectivity index (χ4v) is 0.519. The van der Waals surface area contributed by atoms with Crippen molar-refractivity contribution in [2.24, 2.45) is 0 Å². The number of phenolic OH excluding ortho intramolecular Hbond substituents is 3. The first-order valence-corrected chi connectivity index (χ1v) is 4.51. The summed E-state index contributed by atoms with van der Waals surface area (Å²) >= 11 is 0. The quantitative estimate of drug-likeness (QED) is 0.312. The van der Waals surface area contributed by atoms with Gasteiger partial charge >= 0.3 is 10.4 Å². The van der Waals surface area contributed by atoms with E-state index in [2.05, 4.69) is 0 Å². The van der Waals surface area contributed by atoms with E-state index < -0.39 is 16.1 Å². The molecule has 7 nitrogen and oxygen atoms in total. The second-order valence-corrected chi connectivity index (χ2v) is 2.99. The minimum absolute atomic E-state index is 0.310. The summed E-state index contributed by atoms with van der Waals surface area (Å²) in [6.07, 6.45) is 0. The SMILES string of the molecule is O=S(=O)(O)O.Oc1cccc(O)c1O. The first-order chi connectivity index (χ1) is 6.22. The molecule has 0 spiro atoms. The second-order valence-electron chi connectivity index (χ2n) is 2.09. The second kappa shape index (κ2) is 4.65. The predicted octanol–water partition coefficient (Wildman–Crippen LogP) is 0.151. The van der Waals surface area contributed by atoms with E-state index in [1.54, 1.807) is 0 Å². The summed E-state index contributed by atoms with van der Waals surface area (Å²) in [6.45, 7) is 0. The zero-order valence-electron chi connectivity index (χ0n) is 6.69. The molecule has 0 atom stereocenters. The smallest absolute Gasteiger partial charge is 0.394 e. The molecule has 0 bridgehead atoms. The molecule has 0 amide bonds. The predicted molar refractivity (Wildman–Crippen MR) is 45.6 cm³/mol. The van der Waals surface area contributed by atoms with Gasteiger partial charge in [0.2, 0.25) is 0 Å². The molecule has 0 unspecified atom stereocenters. The van der Waals surface area contributed by atoms with Crippen LogP contribution in [-0.4, -0.2) is 32.8 Å². The van der Waals surface area contributed by atoms with Crippen molar-refractivity contribution < 1.29 is 32.8 Å². The van der Waals surface area contributed by atoms with Crippen LogP contribution in [0.5, 0.6) is 17.2 Å². The zero-order chi connectivity index (χ0) is 11.4. The third-order valence-corrected chi connectivity index (χ3v) is 0.993. The molecule has 14 heavy (non-hydrogen) atoms. The van der Waals surface area contributed by atoms with Gasteiger partial charge in [-0.25, -0.2) is 0 Å². The summed E-state index contributed by atoms with van der Waals surface area (Å²) < 4.78 is 31.6. The standard InChI is InChI=1S/C6H6O3.H2O4S/c7-4-2-1-3-5(8)6(4)9;1-5(2,3)4/h1-3,7-9H;(H2,1,2,3,4). The van der Waals surface area contributed by atoms with Crippen molar-refractivity contribution >= 4 is 10.4 Å². The number of aromatic hydroxyl groups is 3. The van der Waals surface area contributed by atoms with Crippen molar-refractivity contribution in [3.8, 4) is 17.2 Å².